The molecule has 3 aromatic rings. The van der Waals surface area contributed by atoms with Gasteiger partial charge in [0.1, 0.15) is 11.6 Å². The van der Waals surface area contributed by atoms with Gasteiger partial charge in [0, 0.05) is 20.0 Å². The molecule has 4 rings (SSSR count). The van der Waals surface area contributed by atoms with Gasteiger partial charge in [-0.05, 0) is 24.3 Å². The zero-order valence-corrected chi connectivity index (χ0v) is 16.8. The van der Waals surface area contributed by atoms with Gasteiger partial charge in [0.2, 0.25) is 11.8 Å². The van der Waals surface area contributed by atoms with Crippen LogP contribution in [0.5, 0.6) is 5.75 Å². The van der Waals surface area contributed by atoms with E-state index in [0.717, 1.165) is 0 Å². The maximum absolute atomic E-state index is 13.0. The fourth-order valence-corrected chi connectivity index (χ4v) is 3.78. The number of para-hydroxylation sites is 3. The molecule has 1 aliphatic rings. The second-order valence-electron chi connectivity index (χ2n) is 7.30. The highest BCUT2D eigenvalue weighted by Gasteiger charge is 2.37. The molecule has 0 radical (unpaired) electrons. The number of hydrogen-bond donors (Lipinski definition) is 1. The molecule has 1 atom stereocenters. The molecule has 8 nitrogen and oxygen atoms in total. The van der Waals surface area contributed by atoms with Crippen LogP contribution in [0.15, 0.2) is 53.3 Å². The monoisotopic (exact) mass is 406 g/mol. The molecule has 154 valence electrons. The predicted molar refractivity (Wildman–Crippen MR) is 112 cm³/mol. The lowest BCUT2D eigenvalue weighted by atomic mass is 10.1. The number of aromatic amines is 1. The number of hydrogen-bond acceptors (Lipinski definition) is 5. The maximum Gasteiger partial charge on any atom is 0.258 e. The first-order valence-corrected chi connectivity index (χ1v) is 9.64. The van der Waals surface area contributed by atoms with Crippen molar-refractivity contribution in [2.45, 2.75) is 13.0 Å². The van der Waals surface area contributed by atoms with Crippen LogP contribution in [0.25, 0.3) is 10.9 Å². The van der Waals surface area contributed by atoms with Crippen molar-refractivity contribution >= 4 is 28.4 Å². The number of methoxy groups -OCH3 is 1. The average Bonchev–Trinajstić information content (AvgIpc) is 3.14. The summed E-state index contributed by atoms with van der Waals surface area (Å²) in [7, 11) is 3.20. The van der Waals surface area contributed by atoms with Crippen molar-refractivity contribution < 1.29 is 14.3 Å². The van der Waals surface area contributed by atoms with Gasteiger partial charge < -0.3 is 19.5 Å². The number of carbonyl (C=O) groups is 2. The first-order valence-electron chi connectivity index (χ1n) is 9.64. The molecule has 0 bridgehead atoms. The van der Waals surface area contributed by atoms with Crippen molar-refractivity contribution in [3.63, 3.8) is 0 Å². The van der Waals surface area contributed by atoms with Gasteiger partial charge in [-0.25, -0.2) is 4.98 Å². The third kappa shape index (κ3) is 3.63. The lowest BCUT2D eigenvalue weighted by molar-refractivity contribution is -0.135. The molecule has 1 fully saturated rings. The number of carbonyl (C=O) groups excluding carboxylic acids is 2. The molecule has 1 N–H and O–H groups in total. The second-order valence-corrected chi connectivity index (χ2v) is 7.30. The molecule has 1 unspecified atom stereocenters. The summed E-state index contributed by atoms with van der Waals surface area (Å²) in [5, 5.41) is 0.504. The third-order valence-corrected chi connectivity index (χ3v) is 5.28. The predicted octanol–water partition coefficient (Wildman–Crippen LogP) is 1.94. The molecule has 2 heterocycles. The van der Waals surface area contributed by atoms with E-state index < -0.39 is 5.92 Å². The van der Waals surface area contributed by atoms with Crippen molar-refractivity contribution in [3.05, 3.63) is 64.7 Å². The zero-order chi connectivity index (χ0) is 21.3. The van der Waals surface area contributed by atoms with Crippen molar-refractivity contribution in [2.75, 3.05) is 25.6 Å². The lowest BCUT2D eigenvalue weighted by Crippen LogP contribution is -2.35. The van der Waals surface area contributed by atoms with Crippen LogP contribution in [0.2, 0.25) is 0 Å². The van der Waals surface area contributed by atoms with Crippen LogP contribution in [0, 0.1) is 5.92 Å². The summed E-state index contributed by atoms with van der Waals surface area (Å²) in [5.41, 5.74) is 0.994. The normalized spacial score (nSPS) is 16.1. The van der Waals surface area contributed by atoms with Gasteiger partial charge in [0.25, 0.3) is 5.56 Å². The van der Waals surface area contributed by atoms with E-state index in [0.29, 0.717) is 28.2 Å². The fraction of sp³-hybridized carbons (Fsp3) is 0.273. The summed E-state index contributed by atoms with van der Waals surface area (Å²) in [4.78, 5) is 48.0. The van der Waals surface area contributed by atoms with Crippen LogP contribution >= 0.6 is 0 Å². The molecule has 2 aromatic carbocycles. The summed E-state index contributed by atoms with van der Waals surface area (Å²) >= 11 is 0. The Balaban J connectivity index is 1.50. The first-order chi connectivity index (χ1) is 14.5. The number of H-pyrrole nitrogens is 1. The van der Waals surface area contributed by atoms with Crippen molar-refractivity contribution in [1.29, 1.82) is 0 Å². The highest BCUT2D eigenvalue weighted by molar-refractivity contribution is 6.01. The van der Waals surface area contributed by atoms with Gasteiger partial charge in [0.15, 0.2) is 0 Å². The van der Waals surface area contributed by atoms with Crippen molar-refractivity contribution in [2.24, 2.45) is 5.92 Å². The average molecular weight is 406 g/mol. The summed E-state index contributed by atoms with van der Waals surface area (Å²) in [5.74, 6) is 0.227. The first kappa shape index (κ1) is 19.6. The second kappa shape index (κ2) is 7.98. The Morgan fingerprint density at radius 3 is 2.73 bits per heavy atom. The van der Waals surface area contributed by atoms with Crippen LogP contribution in [-0.4, -0.2) is 47.4 Å². The third-order valence-electron chi connectivity index (χ3n) is 5.28. The van der Waals surface area contributed by atoms with E-state index in [1.807, 2.05) is 18.2 Å². The minimum absolute atomic E-state index is 0.122. The molecule has 1 aliphatic heterocycles. The Morgan fingerprint density at radius 2 is 1.93 bits per heavy atom. The van der Waals surface area contributed by atoms with E-state index in [2.05, 4.69) is 9.97 Å². The van der Waals surface area contributed by atoms with E-state index in [-0.39, 0.29) is 36.9 Å². The number of fused-ring (bicyclic) bond motifs is 1. The Hall–Kier alpha value is -3.68. The lowest BCUT2D eigenvalue weighted by Gasteiger charge is -2.22. The molecule has 1 aromatic heterocycles. The molecular weight excluding hydrogens is 384 g/mol. The smallest absolute Gasteiger partial charge is 0.258 e. The van der Waals surface area contributed by atoms with Gasteiger partial charge in [-0.15, -0.1) is 0 Å². The highest BCUT2D eigenvalue weighted by Crippen LogP contribution is 2.33. The van der Waals surface area contributed by atoms with E-state index >= 15 is 0 Å². The number of nitrogens with zero attached hydrogens (tertiary/aromatic N) is 3. The van der Waals surface area contributed by atoms with Crippen LogP contribution in [0.4, 0.5) is 5.69 Å². The number of amides is 2. The molecule has 8 heteroatoms. The maximum atomic E-state index is 13.0. The minimum atomic E-state index is -0.473. The highest BCUT2D eigenvalue weighted by atomic mass is 16.5. The molecular formula is C22H22N4O4. The number of aromatic nitrogens is 2. The number of benzene rings is 2. The topological polar surface area (TPSA) is 95.6 Å². The Kier molecular flexibility index (Phi) is 5.22. The molecule has 1 saturated heterocycles. The molecule has 2 amide bonds. The SMILES string of the molecule is COc1ccccc1N1CC(C(=O)N(C)Cc2nc3ccccc3c(=O)[nH]2)CC1=O. The number of nitrogens with one attached hydrogen (secondary N) is 1. The van der Waals surface area contributed by atoms with Crippen LogP contribution in [-0.2, 0) is 16.1 Å². The number of anilines is 1. The van der Waals surface area contributed by atoms with Crippen LogP contribution in [0.3, 0.4) is 0 Å². The molecule has 0 saturated carbocycles. The van der Waals surface area contributed by atoms with Gasteiger partial charge >= 0.3 is 0 Å². The van der Waals surface area contributed by atoms with E-state index in [4.69, 9.17) is 4.74 Å². The van der Waals surface area contributed by atoms with Gasteiger partial charge in [-0.1, -0.05) is 24.3 Å². The summed E-state index contributed by atoms with van der Waals surface area (Å²) < 4.78 is 5.34. The van der Waals surface area contributed by atoms with E-state index in [1.165, 1.54) is 4.90 Å². The minimum Gasteiger partial charge on any atom is -0.495 e. The van der Waals surface area contributed by atoms with Crippen LogP contribution < -0.4 is 15.2 Å². The quantitative estimate of drug-likeness (QED) is 0.699. The van der Waals surface area contributed by atoms with Gasteiger partial charge in [-0.3, -0.25) is 14.4 Å². The number of ether oxygens (including phenoxy) is 1. The Bertz CT molecular complexity index is 1170. The largest absolute Gasteiger partial charge is 0.495 e. The van der Waals surface area contributed by atoms with E-state index in [1.54, 1.807) is 49.4 Å². The Labute approximate surface area is 173 Å². The van der Waals surface area contributed by atoms with Gasteiger partial charge in [-0.2, -0.15) is 0 Å². The van der Waals surface area contributed by atoms with Crippen molar-refractivity contribution in [3.8, 4) is 5.75 Å². The van der Waals surface area contributed by atoms with Crippen molar-refractivity contribution in [1.82, 2.24) is 14.9 Å². The Morgan fingerprint density at radius 1 is 1.20 bits per heavy atom. The summed E-state index contributed by atoms with van der Waals surface area (Å²) in [6, 6.07) is 14.3. The summed E-state index contributed by atoms with van der Waals surface area (Å²) in [6.07, 6.45) is 0.128. The van der Waals surface area contributed by atoms with Crippen LogP contribution in [0.1, 0.15) is 12.2 Å². The van der Waals surface area contributed by atoms with E-state index in [9.17, 15) is 14.4 Å². The number of rotatable bonds is 5. The summed E-state index contributed by atoms with van der Waals surface area (Å²) in [6.45, 7) is 0.433. The molecule has 0 spiro atoms. The molecule has 30 heavy (non-hydrogen) atoms. The standard InChI is InChI=1S/C22H22N4O4/c1-25(13-19-23-16-8-4-3-7-15(16)21(28)24-19)22(29)14-11-20(27)26(12-14)17-9-5-6-10-18(17)30-2/h3-10,14H,11-13H2,1-2H3,(H,23,24,28). The van der Waals surface area contributed by atoms with Gasteiger partial charge in [0.05, 0.1) is 36.2 Å². The molecule has 0 aliphatic carbocycles. The zero-order valence-electron chi connectivity index (χ0n) is 16.8. The fourth-order valence-electron chi connectivity index (χ4n) is 3.78.